The maximum absolute atomic E-state index is 9.94. The number of hydrogen-bond acceptors (Lipinski definition) is 2. The minimum atomic E-state index is -0.401. The first-order chi connectivity index (χ1) is 6.70. The summed E-state index contributed by atoms with van der Waals surface area (Å²) in [6.07, 6.45) is 1.28. The number of halogens is 1. The Labute approximate surface area is 92.0 Å². The molecule has 1 aromatic rings. The van der Waals surface area contributed by atoms with Crippen LogP contribution in [-0.4, -0.2) is 11.7 Å². The smallest absolute Gasteiger partial charge is 0.129 e. The van der Waals surface area contributed by atoms with Gasteiger partial charge in [0.15, 0.2) is 0 Å². The van der Waals surface area contributed by atoms with E-state index in [9.17, 15) is 5.11 Å². The Morgan fingerprint density at radius 2 is 2.29 bits per heavy atom. The lowest BCUT2D eigenvalue weighted by molar-refractivity contribution is 0.167. The van der Waals surface area contributed by atoms with E-state index in [1.54, 1.807) is 0 Å². The van der Waals surface area contributed by atoms with Gasteiger partial charge in [-0.05, 0) is 31.4 Å². The van der Waals surface area contributed by atoms with E-state index in [1.165, 1.54) is 0 Å². The molecule has 1 atom stereocenters. The Bertz CT molecular complexity index is 349. The van der Waals surface area contributed by atoms with Gasteiger partial charge < -0.3 is 9.84 Å². The third-order valence-corrected chi connectivity index (χ3v) is 3.23. The predicted octanol–water partition coefficient (Wildman–Crippen LogP) is 2.96. The number of aliphatic hydroxyl groups excluding tert-OH is 1. The van der Waals surface area contributed by atoms with E-state index < -0.39 is 6.10 Å². The molecule has 1 unspecified atom stereocenters. The first-order valence-electron chi connectivity index (χ1n) is 4.80. The third-order valence-electron chi connectivity index (χ3n) is 2.54. The van der Waals surface area contributed by atoms with Gasteiger partial charge in [-0.15, -0.1) is 0 Å². The van der Waals surface area contributed by atoms with E-state index in [0.717, 1.165) is 34.2 Å². The van der Waals surface area contributed by atoms with Crippen molar-refractivity contribution < 1.29 is 9.84 Å². The third kappa shape index (κ3) is 1.66. The highest BCUT2D eigenvalue weighted by Crippen LogP contribution is 2.38. The number of hydrogen-bond donors (Lipinski definition) is 1. The van der Waals surface area contributed by atoms with Crippen LogP contribution in [0.5, 0.6) is 5.75 Å². The molecule has 0 fully saturated rings. The number of aryl methyl sites for hydroxylation is 1. The van der Waals surface area contributed by atoms with Crippen LogP contribution in [0.4, 0.5) is 0 Å². The molecule has 1 heterocycles. The summed E-state index contributed by atoms with van der Waals surface area (Å²) in [6, 6.07) is 3.97. The van der Waals surface area contributed by atoms with E-state index in [4.69, 9.17) is 4.74 Å². The van der Waals surface area contributed by atoms with Crippen LogP contribution in [-0.2, 0) is 0 Å². The fraction of sp³-hybridized carbons (Fsp3) is 0.455. The van der Waals surface area contributed by atoms with Crippen molar-refractivity contribution in [3.8, 4) is 5.75 Å². The summed E-state index contributed by atoms with van der Waals surface area (Å²) in [6.45, 7) is 2.70. The average Bonchev–Trinajstić information content (AvgIpc) is 2.35. The van der Waals surface area contributed by atoms with Crippen LogP contribution < -0.4 is 4.74 Å². The first kappa shape index (κ1) is 9.99. The SMILES string of the molecule is Cc1ccc(Br)c2c1OCCCC2O. The first-order valence-corrected chi connectivity index (χ1v) is 5.59. The molecule has 1 aliphatic rings. The Morgan fingerprint density at radius 3 is 3.07 bits per heavy atom. The lowest BCUT2D eigenvalue weighted by atomic mass is 10.0. The van der Waals surface area contributed by atoms with Crippen LogP contribution in [0.3, 0.4) is 0 Å². The molecule has 0 saturated heterocycles. The summed E-state index contributed by atoms with van der Waals surface area (Å²) in [7, 11) is 0. The molecule has 1 aliphatic heterocycles. The maximum atomic E-state index is 9.94. The Hall–Kier alpha value is -0.540. The summed E-state index contributed by atoms with van der Waals surface area (Å²) in [5, 5.41) is 9.94. The molecule has 0 spiro atoms. The van der Waals surface area contributed by atoms with Crippen molar-refractivity contribution in [2.45, 2.75) is 25.9 Å². The van der Waals surface area contributed by atoms with Crippen LogP contribution in [0.15, 0.2) is 16.6 Å². The van der Waals surface area contributed by atoms with Crippen molar-refractivity contribution in [1.82, 2.24) is 0 Å². The molecule has 0 aromatic heterocycles. The Morgan fingerprint density at radius 1 is 1.50 bits per heavy atom. The van der Waals surface area contributed by atoms with Crippen LogP contribution in [0.2, 0.25) is 0 Å². The molecule has 76 valence electrons. The van der Waals surface area contributed by atoms with Crippen molar-refractivity contribution >= 4 is 15.9 Å². The molecular formula is C11H13BrO2. The number of aliphatic hydroxyl groups is 1. The number of ether oxygens (including phenoxy) is 1. The Balaban J connectivity index is 2.57. The number of rotatable bonds is 0. The largest absolute Gasteiger partial charge is 0.493 e. The zero-order valence-corrected chi connectivity index (χ0v) is 9.67. The predicted molar refractivity (Wildman–Crippen MR) is 58.6 cm³/mol. The maximum Gasteiger partial charge on any atom is 0.129 e. The lowest BCUT2D eigenvalue weighted by Crippen LogP contribution is -1.99. The standard InChI is InChI=1S/C11H13BrO2/c1-7-4-5-8(12)10-9(13)3-2-6-14-11(7)10/h4-5,9,13H,2-3,6H2,1H3. The zero-order chi connectivity index (χ0) is 10.1. The molecule has 0 bridgehead atoms. The Kier molecular flexibility index (Phi) is 2.79. The number of benzene rings is 1. The van der Waals surface area contributed by atoms with E-state index in [-0.39, 0.29) is 0 Å². The van der Waals surface area contributed by atoms with Crippen molar-refractivity contribution in [1.29, 1.82) is 0 Å². The van der Waals surface area contributed by atoms with Gasteiger partial charge in [-0.1, -0.05) is 22.0 Å². The molecule has 0 aliphatic carbocycles. The fourth-order valence-corrected chi connectivity index (χ4v) is 2.36. The lowest BCUT2D eigenvalue weighted by Gasteiger charge is -2.14. The summed E-state index contributed by atoms with van der Waals surface area (Å²) < 4.78 is 6.58. The van der Waals surface area contributed by atoms with E-state index in [2.05, 4.69) is 15.9 Å². The van der Waals surface area contributed by atoms with Gasteiger partial charge in [0, 0.05) is 10.0 Å². The van der Waals surface area contributed by atoms with Gasteiger partial charge in [0.2, 0.25) is 0 Å². The summed E-state index contributed by atoms with van der Waals surface area (Å²) in [5.41, 5.74) is 1.99. The van der Waals surface area contributed by atoms with E-state index in [0.29, 0.717) is 6.61 Å². The van der Waals surface area contributed by atoms with E-state index >= 15 is 0 Å². The molecule has 14 heavy (non-hydrogen) atoms. The number of fused-ring (bicyclic) bond motifs is 1. The minimum Gasteiger partial charge on any atom is -0.493 e. The highest BCUT2D eigenvalue weighted by atomic mass is 79.9. The fourth-order valence-electron chi connectivity index (χ4n) is 1.78. The molecule has 1 aromatic carbocycles. The second-order valence-corrected chi connectivity index (χ2v) is 4.47. The van der Waals surface area contributed by atoms with Crippen LogP contribution in [0.25, 0.3) is 0 Å². The van der Waals surface area contributed by atoms with Crippen LogP contribution in [0.1, 0.15) is 30.1 Å². The molecule has 2 rings (SSSR count). The normalized spacial score (nSPS) is 20.9. The zero-order valence-electron chi connectivity index (χ0n) is 8.09. The summed E-state index contributed by atoms with van der Waals surface area (Å²) in [4.78, 5) is 0. The summed E-state index contributed by atoms with van der Waals surface area (Å²) >= 11 is 3.45. The molecule has 0 saturated carbocycles. The topological polar surface area (TPSA) is 29.5 Å². The quantitative estimate of drug-likeness (QED) is 0.774. The van der Waals surface area contributed by atoms with Crippen molar-refractivity contribution in [2.24, 2.45) is 0 Å². The molecule has 3 heteroatoms. The van der Waals surface area contributed by atoms with Gasteiger partial charge in [-0.2, -0.15) is 0 Å². The molecule has 0 amide bonds. The van der Waals surface area contributed by atoms with Crippen LogP contribution >= 0.6 is 15.9 Å². The average molecular weight is 257 g/mol. The van der Waals surface area contributed by atoms with Gasteiger partial charge in [-0.25, -0.2) is 0 Å². The second-order valence-electron chi connectivity index (χ2n) is 3.61. The van der Waals surface area contributed by atoms with Crippen LogP contribution in [0, 0.1) is 6.92 Å². The van der Waals surface area contributed by atoms with Gasteiger partial charge in [0.1, 0.15) is 5.75 Å². The monoisotopic (exact) mass is 256 g/mol. The minimum absolute atomic E-state index is 0.401. The van der Waals surface area contributed by atoms with Gasteiger partial charge in [-0.3, -0.25) is 0 Å². The molecule has 1 N–H and O–H groups in total. The molecule has 2 nitrogen and oxygen atoms in total. The molecule has 0 radical (unpaired) electrons. The molecular weight excluding hydrogens is 244 g/mol. The van der Waals surface area contributed by atoms with Gasteiger partial charge in [0.05, 0.1) is 12.7 Å². The highest BCUT2D eigenvalue weighted by molar-refractivity contribution is 9.10. The van der Waals surface area contributed by atoms with Crippen molar-refractivity contribution in [3.05, 3.63) is 27.7 Å². The summed E-state index contributed by atoms with van der Waals surface area (Å²) in [5.74, 6) is 0.851. The van der Waals surface area contributed by atoms with E-state index in [1.807, 2.05) is 19.1 Å². The highest BCUT2D eigenvalue weighted by Gasteiger charge is 2.21. The van der Waals surface area contributed by atoms with Crippen molar-refractivity contribution in [3.63, 3.8) is 0 Å². The van der Waals surface area contributed by atoms with Crippen molar-refractivity contribution in [2.75, 3.05) is 6.61 Å². The van der Waals surface area contributed by atoms with Gasteiger partial charge >= 0.3 is 0 Å². The van der Waals surface area contributed by atoms with Gasteiger partial charge in [0.25, 0.3) is 0 Å². The second kappa shape index (κ2) is 3.91.